The maximum Gasteiger partial charge on any atom is 0.147 e. The van der Waals surface area contributed by atoms with Gasteiger partial charge < -0.3 is 0 Å². The van der Waals surface area contributed by atoms with Gasteiger partial charge in [-0.2, -0.15) is 0 Å². The second kappa shape index (κ2) is 3.73. The lowest BCUT2D eigenvalue weighted by atomic mass is 10.5. The van der Waals surface area contributed by atoms with Crippen LogP contribution in [0.2, 0.25) is 0 Å². The molecule has 0 amide bonds. The van der Waals surface area contributed by atoms with Crippen molar-refractivity contribution in [2.24, 2.45) is 5.84 Å². The first kappa shape index (κ1) is 9.28. The van der Waals surface area contributed by atoms with E-state index >= 15 is 0 Å². The van der Waals surface area contributed by atoms with Gasteiger partial charge in [0.2, 0.25) is 0 Å². The molecule has 1 aromatic heterocycles. The number of aryl methyl sites for hydroxylation is 1. The summed E-state index contributed by atoms with van der Waals surface area (Å²) in [6, 6.07) is 1.86. The summed E-state index contributed by atoms with van der Waals surface area (Å²) in [7, 11) is 1.76. The van der Waals surface area contributed by atoms with Gasteiger partial charge in [-0.25, -0.2) is 15.8 Å². The third-order valence-electron chi connectivity index (χ3n) is 1.37. The van der Waals surface area contributed by atoms with E-state index < -0.39 is 0 Å². The van der Waals surface area contributed by atoms with E-state index in [0.717, 1.165) is 16.7 Å². The summed E-state index contributed by atoms with van der Waals surface area (Å²) < 4.78 is 0. The van der Waals surface area contributed by atoms with Gasteiger partial charge in [-0.05, 0) is 13.2 Å². The fourth-order valence-corrected chi connectivity index (χ4v) is 1.26. The van der Waals surface area contributed by atoms with Crippen molar-refractivity contribution >= 4 is 17.6 Å². The van der Waals surface area contributed by atoms with Crippen LogP contribution in [0.3, 0.4) is 0 Å². The summed E-state index contributed by atoms with van der Waals surface area (Å²) in [5.74, 6) is 7.03. The standard InChI is InChI=1S/C7H12N4S/c1-5-9-6(11(2)8)4-7(10-5)12-3/h4H,8H2,1-3H3. The molecular weight excluding hydrogens is 172 g/mol. The highest BCUT2D eigenvalue weighted by atomic mass is 32.2. The Kier molecular flexibility index (Phi) is 2.88. The van der Waals surface area contributed by atoms with Crippen LogP contribution in [-0.2, 0) is 0 Å². The van der Waals surface area contributed by atoms with Crippen molar-refractivity contribution in [3.63, 3.8) is 0 Å². The zero-order valence-electron chi connectivity index (χ0n) is 7.40. The van der Waals surface area contributed by atoms with Gasteiger partial charge in [0.15, 0.2) is 0 Å². The van der Waals surface area contributed by atoms with Crippen LogP contribution in [0.4, 0.5) is 5.82 Å². The Bertz CT molecular complexity index is 274. The first-order valence-electron chi connectivity index (χ1n) is 3.51. The molecule has 0 unspecified atom stereocenters. The maximum absolute atomic E-state index is 5.54. The first-order chi connectivity index (χ1) is 5.63. The van der Waals surface area contributed by atoms with Gasteiger partial charge in [-0.1, -0.05) is 0 Å². The molecule has 12 heavy (non-hydrogen) atoms. The van der Waals surface area contributed by atoms with Crippen LogP contribution in [0.25, 0.3) is 0 Å². The van der Waals surface area contributed by atoms with Crippen molar-refractivity contribution in [2.75, 3.05) is 18.3 Å². The topological polar surface area (TPSA) is 55.0 Å². The highest BCUT2D eigenvalue weighted by molar-refractivity contribution is 7.98. The van der Waals surface area contributed by atoms with Crippen molar-refractivity contribution in [3.8, 4) is 0 Å². The molecule has 0 radical (unpaired) electrons. The molecule has 0 spiro atoms. The third kappa shape index (κ3) is 2.09. The molecule has 0 aliphatic heterocycles. The monoisotopic (exact) mass is 184 g/mol. The predicted octanol–water partition coefficient (Wildman–Crippen LogP) is 0.817. The average Bonchev–Trinajstić information content (AvgIpc) is 2.03. The number of hydrogen-bond acceptors (Lipinski definition) is 5. The Labute approximate surface area is 76.2 Å². The lowest BCUT2D eigenvalue weighted by Gasteiger charge is -2.11. The number of anilines is 1. The maximum atomic E-state index is 5.54. The SMILES string of the molecule is CSc1cc(N(C)N)nc(C)n1. The minimum atomic E-state index is 0.742. The van der Waals surface area contributed by atoms with Crippen LogP contribution < -0.4 is 10.9 Å². The highest BCUT2D eigenvalue weighted by Gasteiger charge is 2.01. The molecule has 5 heteroatoms. The molecule has 1 aromatic rings. The highest BCUT2D eigenvalue weighted by Crippen LogP contribution is 2.16. The van der Waals surface area contributed by atoms with Crippen molar-refractivity contribution in [1.29, 1.82) is 0 Å². The first-order valence-corrected chi connectivity index (χ1v) is 4.74. The number of aromatic nitrogens is 2. The van der Waals surface area contributed by atoms with E-state index in [0.29, 0.717) is 0 Å². The van der Waals surface area contributed by atoms with E-state index in [2.05, 4.69) is 9.97 Å². The molecule has 1 rings (SSSR count). The molecular formula is C7H12N4S. The lowest BCUT2D eigenvalue weighted by molar-refractivity contribution is 0.902. The molecule has 4 nitrogen and oxygen atoms in total. The molecule has 0 fully saturated rings. The number of hydrogen-bond donors (Lipinski definition) is 1. The number of nitrogens with zero attached hydrogens (tertiary/aromatic N) is 3. The quantitative estimate of drug-likeness (QED) is 0.319. The molecule has 1 heterocycles. The molecule has 66 valence electrons. The number of thioether (sulfide) groups is 1. The van der Waals surface area contributed by atoms with Crippen LogP contribution >= 0.6 is 11.8 Å². The van der Waals surface area contributed by atoms with Gasteiger partial charge in [0.25, 0.3) is 0 Å². The van der Waals surface area contributed by atoms with E-state index in [4.69, 9.17) is 5.84 Å². The van der Waals surface area contributed by atoms with E-state index in [9.17, 15) is 0 Å². The minimum Gasteiger partial charge on any atom is -0.298 e. The normalized spacial score (nSPS) is 10.0. The molecule has 0 aliphatic rings. The van der Waals surface area contributed by atoms with Crippen LogP contribution in [0, 0.1) is 6.92 Å². The Morgan fingerprint density at radius 1 is 1.50 bits per heavy atom. The Morgan fingerprint density at radius 2 is 2.17 bits per heavy atom. The fraction of sp³-hybridized carbons (Fsp3) is 0.429. The Balaban J connectivity index is 3.06. The van der Waals surface area contributed by atoms with Crippen molar-refractivity contribution in [2.45, 2.75) is 11.9 Å². The van der Waals surface area contributed by atoms with Crippen LogP contribution in [0.15, 0.2) is 11.1 Å². The van der Waals surface area contributed by atoms with Gasteiger partial charge >= 0.3 is 0 Å². The second-order valence-electron chi connectivity index (χ2n) is 2.43. The van der Waals surface area contributed by atoms with E-state index in [1.54, 1.807) is 18.8 Å². The largest absolute Gasteiger partial charge is 0.298 e. The van der Waals surface area contributed by atoms with Crippen LogP contribution in [0.1, 0.15) is 5.82 Å². The molecule has 0 bridgehead atoms. The minimum absolute atomic E-state index is 0.742. The van der Waals surface area contributed by atoms with Gasteiger partial charge in [0.05, 0.1) is 0 Å². The number of hydrazine groups is 1. The van der Waals surface area contributed by atoms with E-state index in [1.165, 1.54) is 5.01 Å². The summed E-state index contributed by atoms with van der Waals surface area (Å²) in [6.07, 6.45) is 1.97. The van der Waals surface area contributed by atoms with E-state index in [-0.39, 0.29) is 0 Å². The molecule has 0 atom stereocenters. The van der Waals surface area contributed by atoms with Crippen molar-refractivity contribution < 1.29 is 0 Å². The summed E-state index contributed by atoms with van der Waals surface area (Å²) in [5.41, 5.74) is 0. The molecule has 0 aliphatic carbocycles. The Hall–Kier alpha value is -0.810. The number of nitrogens with two attached hydrogens (primary N) is 1. The second-order valence-corrected chi connectivity index (χ2v) is 3.25. The van der Waals surface area contributed by atoms with Gasteiger partial charge in [0.1, 0.15) is 16.7 Å². The van der Waals surface area contributed by atoms with E-state index in [1.807, 2.05) is 19.2 Å². The molecule has 0 saturated carbocycles. The predicted molar refractivity (Wildman–Crippen MR) is 51.1 cm³/mol. The smallest absolute Gasteiger partial charge is 0.147 e. The van der Waals surface area contributed by atoms with Gasteiger partial charge in [0, 0.05) is 13.1 Å². The van der Waals surface area contributed by atoms with Gasteiger partial charge in [-0.3, -0.25) is 5.01 Å². The zero-order valence-corrected chi connectivity index (χ0v) is 8.22. The lowest BCUT2D eigenvalue weighted by Crippen LogP contribution is -2.26. The summed E-state index contributed by atoms with van der Waals surface area (Å²) in [6.45, 7) is 1.85. The van der Waals surface area contributed by atoms with Crippen molar-refractivity contribution in [1.82, 2.24) is 9.97 Å². The molecule has 0 aromatic carbocycles. The van der Waals surface area contributed by atoms with Crippen LogP contribution in [0.5, 0.6) is 0 Å². The Morgan fingerprint density at radius 3 is 2.67 bits per heavy atom. The van der Waals surface area contributed by atoms with Crippen LogP contribution in [-0.4, -0.2) is 23.3 Å². The third-order valence-corrected chi connectivity index (χ3v) is 2.00. The summed E-state index contributed by atoms with van der Waals surface area (Å²) >= 11 is 1.58. The fourth-order valence-electron chi connectivity index (χ4n) is 0.810. The summed E-state index contributed by atoms with van der Waals surface area (Å²) in [4.78, 5) is 8.36. The zero-order chi connectivity index (χ0) is 9.14. The van der Waals surface area contributed by atoms with Gasteiger partial charge in [-0.15, -0.1) is 11.8 Å². The summed E-state index contributed by atoms with van der Waals surface area (Å²) in [5, 5.41) is 2.42. The average molecular weight is 184 g/mol. The molecule has 0 saturated heterocycles. The molecule has 2 N–H and O–H groups in total. The number of rotatable bonds is 2. The van der Waals surface area contributed by atoms with Crippen molar-refractivity contribution in [3.05, 3.63) is 11.9 Å².